The van der Waals surface area contributed by atoms with Crippen LogP contribution in [0.1, 0.15) is 10.4 Å². The number of benzene rings is 1. The molecule has 0 spiro atoms. The maximum absolute atomic E-state index is 12.6. The topological polar surface area (TPSA) is 29.3 Å². The van der Waals surface area contributed by atoms with Gasteiger partial charge >= 0.3 is 6.18 Å². The van der Waals surface area contributed by atoms with Crippen LogP contribution in [0.3, 0.4) is 0 Å². The van der Waals surface area contributed by atoms with Crippen molar-refractivity contribution in [1.82, 2.24) is 0 Å². The van der Waals surface area contributed by atoms with Crippen LogP contribution in [0.15, 0.2) is 35.7 Å². The fourth-order valence-corrected chi connectivity index (χ4v) is 2.63. The molecule has 0 bridgehead atoms. The van der Waals surface area contributed by atoms with Crippen molar-refractivity contribution in [3.8, 4) is 0 Å². The van der Waals surface area contributed by atoms with Crippen molar-refractivity contribution >= 4 is 22.7 Å². The smallest absolute Gasteiger partial charge is 0.397 e. The molecular formula is C14H15F3N2S. The first-order chi connectivity index (χ1) is 9.38. The predicted molar refractivity (Wildman–Crippen MR) is 77.1 cm³/mol. The first-order valence-electron chi connectivity index (χ1n) is 6.08. The van der Waals surface area contributed by atoms with E-state index >= 15 is 0 Å². The SMILES string of the molecule is CN(CCc1cccs1)c1ccc(C(F)(F)F)cc1N. The first kappa shape index (κ1) is 14.7. The van der Waals surface area contributed by atoms with Crippen LogP contribution >= 0.6 is 11.3 Å². The van der Waals surface area contributed by atoms with Gasteiger partial charge in [0.25, 0.3) is 0 Å². The van der Waals surface area contributed by atoms with Gasteiger partial charge in [0.15, 0.2) is 0 Å². The lowest BCUT2D eigenvalue weighted by Crippen LogP contribution is -2.21. The number of hydrogen-bond acceptors (Lipinski definition) is 3. The summed E-state index contributed by atoms with van der Waals surface area (Å²) in [6.07, 6.45) is -3.52. The largest absolute Gasteiger partial charge is 0.416 e. The minimum absolute atomic E-state index is 0.147. The molecule has 1 heterocycles. The zero-order valence-corrected chi connectivity index (χ0v) is 11.8. The maximum Gasteiger partial charge on any atom is 0.416 e. The third-order valence-corrected chi connectivity index (χ3v) is 3.98. The lowest BCUT2D eigenvalue weighted by molar-refractivity contribution is -0.137. The number of nitrogen functional groups attached to an aromatic ring is 1. The summed E-state index contributed by atoms with van der Waals surface area (Å²) in [5.74, 6) is 0. The van der Waals surface area contributed by atoms with Crippen LogP contribution in [0, 0.1) is 0 Å². The van der Waals surface area contributed by atoms with E-state index in [1.54, 1.807) is 11.3 Å². The Bertz CT molecular complexity index is 564. The van der Waals surface area contributed by atoms with Crippen molar-refractivity contribution in [2.24, 2.45) is 0 Å². The highest BCUT2D eigenvalue weighted by Crippen LogP contribution is 2.33. The number of nitrogens with two attached hydrogens (primary N) is 1. The van der Waals surface area contributed by atoms with Gasteiger partial charge in [-0.1, -0.05) is 6.07 Å². The minimum Gasteiger partial charge on any atom is -0.397 e. The van der Waals surface area contributed by atoms with Crippen LogP contribution in [0.5, 0.6) is 0 Å². The number of anilines is 2. The molecule has 2 N–H and O–H groups in total. The summed E-state index contributed by atoms with van der Waals surface area (Å²) < 4.78 is 37.7. The van der Waals surface area contributed by atoms with Gasteiger partial charge in [0.1, 0.15) is 0 Å². The van der Waals surface area contributed by atoms with E-state index in [2.05, 4.69) is 0 Å². The Kier molecular flexibility index (Phi) is 4.23. The van der Waals surface area contributed by atoms with E-state index in [4.69, 9.17) is 5.73 Å². The quantitative estimate of drug-likeness (QED) is 0.864. The number of likely N-dealkylation sites (N-methyl/N-ethyl adjacent to an activating group) is 1. The summed E-state index contributed by atoms with van der Waals surface area (Å²) in [6.45, 7) is 0.704. The fraction of sp³-hybridized carbons (Fsp3) is 0.286. The zero-order valence-electron chi connectivity index (χ0n) is 10.9. The second-order valence-electron chi connectivity index (χ2n) is 4.52. The Morgan fingerprint density at radius 1 is 1.25 bits per heavy atom. The van der Waals surface area contributed by atoms with Crippen molar-refractivity contribution in [3.63, 3.8) is 0 Å². The molecule has 20 heavy (non-hydrogen) atoms. The molecule has 0 aliphatic heterocycles. The Balaban J connectivity index is 2.08. The molecule has 2 rings (SSSR count). The van der Waals surface area contributed by atoms with Crippen molar-refractivity contribution in [3.05, 3.63) is 46.2 Å². The van der Waals surface area contributed by atoms with Crippen LogP contribution in [-0.2, 0) is 12.6 Å². The molecule has 0 fully saturated rings. The van der Waals surface area contributed by atoms with Gasteiger partial charge in [-0.25, -0.2) is 0 Å². The molecular weight excluding hydrogens is 285 g/mol. The molecule has 0 aliphatic carbocycles. The molecule has 108 valence electrons. The van der Waals surface area contributed by atoms with E-state index < -0.39 is 11.7 Å². The normalized spacial score (nSPS) is 11.6. The monoisotopic (exact) mass is 300 g/mol. The molecule has 0 atom stereocenters. The Morgan fingerprint density at radius 3 is 2.55 bits per heavy atom. The highest BCUT2D eigenvalue weighted by Gasteiger charge is 2.30. The summed E-state index contributed by atoms with van der Waals surface area (Å²) in [4.78, 5) is 3.11. The van der Waals surface area contributed by atoms with Crippen LogP contribution in [0.2, 0.25) is 0 Å². The predicted octanol–water partition coefficient (Wildman–Crippen LogP) is 4.03. The average Bonchev–Trinajstić information content (AvgIpc) is 2.87. The maximum atomic E-state index is 12.6. The Labute approximate surface area is 119 Å². The van der Waals surface area contributed by atoms with Gasteiger partial charge in [-0.3, -0.25) is 0 Å². The summed E-state index contributed by atoms with van der Waals surface area (Å²) in [7, 11) is 1.83. The average molecular weight is 300 g/mol. The number of halogens is 3. The fourth-order valence-electron chi connectivity index (χ4n) is 1.93. The molecule has 2 aromatic rings. The highest BCUT2D eigenvalue weighted by molar-refractivity contribution is 7.09. The van der Waals surface area contributed by atoms with Gasteiger partial charge in [-0.2, -0.15) is 13.2 Å². The molecule has 1 aromatic carbocycles. The van der Waals surface area contributed by atoms with E-state index in [9.17, 15) is 13.2 Å². The number of alkyl halides is 3. The Morgan fingerprint density at radius 2 is 2.00 bits per heavy atom. The molecule has 0 amide bonds. The van der Waals surface area contributed by atoms with Gasteiger partial charge in [-0.15, -0.1) is 11.3 Å². The third-order valence-electron chi connectivity index (χ3n) is 3.04. The number of rotatable bonds is 4. The van der Waals surface area contributed by atoms with Crippen molar-refractivity contribution in [2.45, 2.75) is 12.6 Å². The van der Waals surface area contributed by atoms with Crippen LogP contribution in [0.4, 0.5) is 24.5 Å². The van der Waals surface area contributed by atoms with Gasteiger partial charge in [0, 0.05) is 18.5 Å². The summed E-state index contributed by atoms with van der Waals surface area (Å²) in [5.41, 5.74) is 5.78. The van der Waals surface area contributed by atoms with E-state index in [0.29, 0.717) is 12.2 Å². The molecule has 0 saturated heterocycles. The first-order valence-corrected chi connectivity index (χ1v) is 6.96. The van der Waals surface area contributed by atoms with E-state index in [1.807, 2.05) is 29.5 Å². The second-order valence-corrected chi connectivity index (χ2v) is 5.55. The minimum atomic E-state index is -4.36. The summed E-state index contributed by atoms with van der Waals surface area (Å²) in [6, 6.07) is 7.48. The molecule has 6 heteroatoms. The van der Waals surface area contributed by atoms with Gasteiger partial charge in [0.2, 0.25) is 0 Å². The van der Waals surface area contributed by atoms with E-state index in [1.165, 1.54) is 10.9 Å². The number of hydrogen-bond donors (Lipinski definition) is 1. The van der Waals surface area contributed by atoms with Crippen molar-refractivity contribution in [2.75, 3.05) is 24.2 Å². The molecule has 0 aliphatic rings. The number of thiophene rings is 1. The molecule has 0 saturated carbocycles. The molecule has 0 radical (unpaired) electrons. The summed E-state index contributed by atoms with van der Waals surface area (Å²) in [5, 5.41) is 2.00. The molecule has 0 unspecified atom stereocenters. The van der Waals surface area contributed by atoms with Gasteiger partial charge in [0.05, 0.1) is 16.9 Å². The molecule has 2 nitrogen and oxygen atoms in total. The zero-order chi connectivity index (χ0) is 14.8. The highest BCUT2D eigenvalue weighted by atomic mass is 32.1. The van der Waals surface area contributed by atoms with Crippen LogP contribution < -0.4 is 10.6 Å². The molecule has 1 aromatic heterocycles. The standard InChI is InChI=1S/C14H15F3N2S/c1-19(7-6-11-3-2-8-20-11)13-5-4-10(9-12(13)18)14(15,16)17/h2-5,8-9H,6-7,18H2,1H3. The van der Waals surface area contributed by atoms with Gasteiger partial charge in [-0.05, 0) is 36.1 Å². The van der Waals surface area contributed by atoms with Crippen molar-refractivity contribution < 1.29 is 13.2 Å². The Hall–Kier alpha value is -1.69. The summed E-state index contributed by atoms with van der Waals surface area (Å²) >= 11 is 1.66. The van der Waals surface area contributed by atoms with E-state index in [-0.39, 0.29) is 5.69 Å². The second kappa shape index (κ2) is 5.75. The van der Waals surface area contributed by atoms with Gasteiger partial charge < -0.3 is 10.6 Å². The van der Waals surface area contributed by atoms with Crippen molar-refractivity contribution in [1.29, 1.82) is 0 Å². The van der Waals surface area contributed by atoms with E-state index in [0.717, 1.165) is 18.6 Å². The van der Waals surface area contributed by atoms with Crippen LogP contribution in [0.25, 0.3) is 0 Å². The lowest BCUT2D eigenvalue weighted by atomic mass is 10.1. The van der Waals surface area contributed by atoms with Crippen LogP contribution in [-0.4, -0.2) is 13.6 Å². The lowest BCUT2D eigenvalue weighted by Gasteiger charge is -2.21. The third kappa shape index (κ3) is 3.45. The number of nitrogens with zero attached hydrogens (tertiary/aromatic N) is 1.